The molecule has 0 saturated heterocycles. The van der Waals surface area contributed by atoms with E-state index < -0.39 is 62.0 Å². The van der Waals surface area contributed by atoms with E-state index >= 15 is 0 Å². The minimum Gasteiger partial charge on any atom is -0.318 e. The average molecular weight is 442 g/mol. The van der Waals surface area contributed by atoms with Gasteiger partial charge in [0, 0.05) is 0 Å². The molecule has 154 valence electrons. The second kappa shape index (κ2) is 7.55. The van der Waals surface area contributed by atoms with Crippen molar-refractivity contribution in [1.82, 2.24) is 0 Å². The number of hydrogen-bond acceptors (Lipinski definition) is 7. The fourth-order valence-corrected chi connectivity index (χ4v) is 2.89. The van der Waals surface area contributed by atoms with Crippen molar-refractivity contribution in [1.29, 1.82) is 0 Å². The molecule has 0 unspecified atom stereocenters. The van der Waals surface area contributed by atoms with Crippen LogP contribution in [0.5, 0.6) is 0 Å². The molecule has 2 aromatic rings. The van der Waals surface area contributed by atoms with Crippen LogP contribution in [0.15, 0.2) is 41.6 Å². The molecule has 1 N–H and O–H groups in total. The third kappa shape index (κ3) is 3.72. The van der Waals surface area contributed by atoms with Gasteiger partial charge in [-0.05, 0) is 18.2 Å². The van der Waals surface area contributed by atoms with Gasteiger partial charge >= 0.3 is 12.1 Å². The Kier molecular flexibility index (Phi) is 5.27. The van der Waals surface area contributed by atoms with Crippen LogP contribution in [-0.4, -0.2) is 28.3 Å². The summed E-state index contributed by atoms with van der Waals surface area (Å²) in [6.07, 6.45) is -5.10. The third-order valence-electron chi connectivity index (χ3n) is 3.86. The zero-order valence-electron chi connectivity index (χ0n) is 14.3. The lowest BCUT2D eigenvalue weighted by Crippen LogP contribution is -2.37. The third-order valence-corrected chi connectivity index (χ3v) is 4.25. The van der Waals surface area contributed by atoms with Crippen LogP contribution in [0.2, 0.25) is 5.02 Å². The number of rotatable bonds is 3. The summed E-state index contributed by atoms with van der Waals surface area (Å²) in [5.41, 5.74) is -5.54. The second-order valence-corrected chi connectivity index (χ2v) is 6.11. The molecule has 0 atom stereocenters. The summed E-state index contributed by atoms with van der Waals surface area (Å²) in [5.74, 6) is -3.98. The number of carbonyl (C=O) groups excluding carboxylic acids is 3. The highest BCUT2D eigenvalue weighted by molar-refractivity contribution is 6.72. The molecule has 0 aromatic heterocycles. The molecular formula is C17H7ClF3N3O6. The number of hydrogen-bond donors (Lipinski definition) is 1. The van der Waals surface area contributed by atoms with Crippen LogP contribution in [0.3, 0.4) is 0 Å². The number of oxime groups is 1. The maximum atomic E-state index is 13.2. The molecule has 30 heavy (non-hydrogen) atoms. The summed E-state index contributed by atoms with van der Waals surface area (Å²) < 4.78 is 39.6. The average Bonchev–Trinajstić information content (AvgIpc) is 2.67. The molecule has 0 radical (unpaired) electrons. The number of anilines is 1. The first-order chi connectivity index (χ1) is 14.0. The van der Waals surface area contributed by atoms with Gasteiger partial charge in [0.05, 0.1) is 21.7 Å². The minimum atomic E-state index is -5.10. The lowest BCUT2D eigenvalue weighted by atomic mass is 9.95. The molecule has 1 aliphatic rings. The summed E-state index contributed by atoms with van der Waals surface area (Å²) >= 11 is 5.58. The van der Waals surface area contributed by atoms with Gasteiger partial charge in [-0.15, -0.1) is 0 Å². The van der Waals surface area contributed by atoms with E-state index in [1.54, 1.807) is 6.07 Å². The number of ketones is 1. The number of benzene rings is 2. The first-order valence-corrected chi connectivity index (χ1v) is 8.18. The number of halogens is 4. The Morgan fingerprint density at radius 2 is 1.83 bits per heavy atom. The maximum absolute atomic E-state index is 13.2. The Morgan fingerprint density at radius 1 is 1.20 bits per heavy atom. The Bertz CT molecular complexity index is 1130. The maximum Gasteiger partial charge on any atom is 0.418 e. The van der Waals surface area contributed by atoms with Crippen LogP contribution in [0.1, 0.15) is 21.5 Å². The summed E-state index contributed by atoms with van der Waals surface area (Å²) in [6.45, 7) is 0. The molecule has 2 aromatic carbocycles. The summed E-state index contributed by atoms with van der Waals surface area (Å²) in [5, 5.41) is 15.2. The Balaban J connectivity index is 2.19. The van der Waals surface area contributed by atoms with E-state index in [1.807, 2.05) is 5.32 Å². The molecule has 13 heteroatoms. The number of nitro groups is 1. The first kappa shape index (κ1) is 20.9. The Hall–Kier alpha value is -3.80. The van der Waals surface area contributed by atoms with Crippen LogP contribution >= 0.6 is 11.6 Å². The largest absolute Gasteiger partial charge is 0.418 e. The lowest BCUT2D eigenvalue weighted by molar-refractivity contribution is -0.385. The zero-order chi connectivity index (χ0) is 22.2. The highest BCUT2D eigenvalue weighted by Crippen LogP contribution is 2.45. The fraction of sp³-hybridized carbons (Fsp3) is 0.0588. The van der Waals surface area contributed by atoms with E-state index in [0.717, 1.165) is 0 Å². The number of amides is 1. The number of nitrogens with zero attached hydrogens (tertiary/aromatic N) is 2. The standard InChI is InChI=1S/C17H7ClF3N3O6/c18-11-8(17(19,20)21)6-9-10(13(11)24(28)29)12(14(25)15(26)22-9)23-30-16(27)7-4-2-1-3-5-7/h1-6H,(H,22,26). The van der Waals surface area contributed by atoms with Gasteiger partial charge in [-0.1, -0.05) is 35.0 Å². The van der Waals surface area contributed by atoms with Crippen LogP contribution in [0.4, 0.5) is 24.5 Å². The van der Waals surface area contributed by atoms with Gasteiger partial charge in [-0.3, -0.25) is 19.7 Å². The van der Waals surface area contributed by atoms with E-state index in [2.05, 4.69) is 9.99 Å². The Morgan fingerprint density at radius 3 is 2.40 bits per heavy atom. The van der Waals surface area contributed by atoms with Crippen LogP contribution in [-0.2, 0) is 20.6 Å². The summed E-state index contributed by atoms with van der Waals surface area (Å²) in [7, 11) is 0. The number of fused-ring (bicyclic) bond motifs is 1. The molecule has 1 heterocycles. The summed E-state index contributed by atoms with van der Waals surface area (Å²) in [6, 6.07) is 7.56. The highest BCUT2D eigenvalue weighted by Gasteiger charge is 2.44. The van der Waals surface area contributed by atoms with Crippen molar-refractivity contribution in [3.63, 3.8) is 0 Å². The molecule has 0 saturated carbocycles. The van der Waals surface area contributed by atoms with Gasteiger partial charge in [-0.25, -0.2) is 4.79 Å². The topological polar surface area (TPSA) is 128 Å². The van der Waals surface area contributed by atoms with Crippen LogP contribution < -0.4 is 5.32 Å². The second-order valence-electron chi connectivity index (χ2n) is 5.73. The van der Waals surface area contributed by atoms with Gasteiger partial charge < -0.3 is 10.2 Å². The van der Waals surface area contributed by atoms with Crippen molar-refractivity contribution in [2.24, 2.45) is 5.16 Å². The van der Waals surface area contributed by atoms with Gasteiger partial charge in [0.15, 0.2) is 5.71 Å². The normalized spacial score (nSPS) is 14.9. The lowest BCUT2D eigenvalue weighted by Gasteiger charge is -2.20. The number of carbonyl (C=O) groups is 3. The first-order valence-electron chi connectivity index (χ1n) is 7.81. The van der Waals surface area contributed by atoms with Gasteiger partial charge in [0.25, 0.3) is 17.4 Å². The summed E-state index contributed by atoms with van der Waals surface area (Å²) in [4.78, 5) is 50.8. The quantitative estimate of drug-likeness (QED) is 0.336. The monoisotopic (exact) mass is 441 g/mol. The van der Waals surface area contributed by atoms with Crippen LogP contribution in [0.25, 0.3) is 0 Å². The van der Waals surface area contributed by atoms with Crippen molar-refractivity contribution in [3.8, 4) is 0 Å². The van der Waals surface area contributed by atoms with Gasteiger partial charge in [0.2, 0.25) is 0 Å². The molecular weight excluding hydrogens is 435 g/mol. The molecule has 1 amide bonds. The minimum absolute atomic E-state index is 0.00488. The van der Waals surface area contributed by atoms with Gasteiger partial charge in [0.1, 0.15) is 10.6 Å². The van der Waals surface area contributed by atoms with E-state index in [9.17, 15) is 37.7 Å². The number of nitrogens with one attached hydrogen (secondary N) is 1. The van der Waals surface area contributed by atoms with Crippen LogP contribution in [0, 0.1) is 10.1 Å². The van der Waals surface area contributed by atoms with E-state index in [4.69, 9.17) is 11.6 Å². The smallest absolute Gasteiger partial charge is 0.318 e. The molecule has 1 aliphatic heterocycles. The number of alkyl halides is 3. The zero-order valence-corrected chi connectivity index (χ0v) is 15.1. The number of nitro benzene ring substituents is 1. The number of Topliss-reactive ketones (excluding diaryl/α,β-unsaturated/α-hetero) is 1. The van der Waals surface area contributed by atoms with Crippen molar-refractivity contribution in [3.05, 3.63) is 68.2 Å². The van der Waals surface area contributed by atoms with Gasteiger partial charge in [-0.2, -0.15) is 13.2 Å². The SMILES string of the molecule is O=C1Nc2cc(C(F)(F)F)c(Cl)c([N+](=O)[O-])c2C(=NOC(=O)c2ccccc2)C1=O. The molecule has 9 nitrogen and oxygen atoms in total. The van der Waals surface area contributed by atoms with Crippen molar-refractivity contribution < 1.29 is 37.3 Å². The highest BCUT2D eigenvalue weighted by atomic mass is 35.5. The molecule has 0 bridgehead atoms. The Labute approximate surface area is 169 Å². The van der Waals surface area contributed by atoms with Crippen molar-refractivity contribution >= 4 is 46.3 Å². The molecule has 0 aliphatic carbocycles. The van der Waals surface area contributed by atoms with E-state index in [0.29, 0.717) is 6.07 Å². The van der Waals surface area contributed by atoms with E-state index in [1.165, 1.54) is 24.3 Å². The van der Waals surface area contributed by atoms with Crippen molar-refractivity contribution in [2.75, 3.05) is 5.32 Å². The molecule has 3 rings (SSSR count). The predicted octanol–water partition coefficient (Wildman–Crippen LogP) is 3.35. The van der Waals surface area contributed by atoms with E-state index in [-0.39, 0.29) is 5.56 Å². The predicted molar refractivity (Wildman–Crippen MR) is 95.1 cm³/mol. The molecule has 0 spiro atoms. The van der Waals surface area contributed by atoms with Crippen molar-refractivity contribution in [2.45, 2.75) is 6.18 Å². The molecule has 0 fully saturated rings. The fourth-order valence-electron chi connectivity index (χ4n) is 2.56.